The van der Waals surface area contributed by atoms with Gasteiger partial charge < -0.3 is 20.8 Å². The van der Waals surface area contributed by atoms with Crippen molar-refractivity contribution in [3.05, 3.63) is 212 Å². The summed E-state index contributed by atoms with van der Waals surface area (Å²) < 4.78 is 0. The number of carbonyl (C=O) groups is 2. The Hall–Kier alpha value is -5.82. The van der Waals surface area contributed by atoms with Crippen LogP contribution in [0.3, 0.4) is 0 Å². The van der Waals surface area contributed by atoms with Gasteiger partial charge in [-0.2, -0.15) is 0 Å². The molecule has 6 aromatic rings. The summed E-state index contributed by atoms with van der Waals surface area (Å²) >= 11 is 0. The third-order valence-corrected chi connectivity index (χ3v) is 10.7. The summed E-state index contributed by atoms with van der Waals surface area (Å²) in [6.45, 7) is 11.8. The monoisotopic (exact) mass is 730 g/mol. The zero-order valence-corrected chi connectivity index (χ0v) is 32.4. The van der Waals surface area contributed by atoms with E-state index in [1.54, 1.807) is 0 Å². The van der Waals surface area contributed by atoms with Gasteiger partial charge in [0.1, 0.15) is 17.6 Å². The average Bonchev–Trinajstić information content (AvgIpc) is 3.17. The summed E-state index contributed by atoms with van der Waals surface area (Å²) in [6.07, 6.45) is -0.555. The van der Waals surface area contributed by atoms with Gasteiger partial charge in [0.25, 0.3) is 0 Å². The van der Waals surface area contributed by atoms with Crippen molar-refractivity contribution >= 4 is 11.8 Å². The van der Waals surface area contributed by atoms with Gasteiger partial charge in [-0.05, 0) is 86.1 Å². The molecule has 0 aliphatic carbocycles. The molecule has 0 saturated heterocycles. The summed E-state index contributed by atoms with van der Waals surface area (Å²) in [5.41, 5.74) is 6.27. The van der Waals surface area contributed by atoms with Crippen LogP contribution in [0, 0.1) is 41.5 Å². The third-order valence-electron chi connectivity index (χ3n) is 10.7. The molecular formula is C49H50N2O4. The molecule has 0 spiro atoms. The molecule has 6 rings (SSSR count). The molecule has 0 unspecified atom stereocenters. The van der Waals surface area contributed by atoms with Gasteiger partial charge in [-0.3, -0.25) is 9.59 Å². The van der Waals surface area contributed by atoms with Crippen molar-refractivity contribution in [1.29, 1.82) is 0 Å². The first kappa shape index (κ1) is 38.9. The molecule has 4 N–H and O–H groups in total. The van der Waals surface area contributed by atoms with Crippen molar-refractivity contribution in [1.82, 2.24) is 10.6 Å². The number of aliphatic hydroxyl groups is 2. The summed E-state index contributed by atoms with van der Waals surface area (Å²) in [7, 11) is 0. The molecule has 0 aliphatic heterocycles. The van der Waals surface area contributed by atoms with E-state index < -0.39 is 41.5 Å². The van der Waals surface area contributed by atoms with Crippen LogP contribution < -0.4 is 10.6 Å². The zero-order chi connectivity index (χ0) is 39.3. The molecule has 0 heterocycles. The second kappa shape index (κ2) is 16.3. The van der Waals surface area contributed by atoms with Crippen LogP contribution in [0.2, 0.25) is 0 Å². The van der Waals surface area contributed by atoms with Crippen LogP contribution in [0.1, 0.15) is 85.3 Å². The van der Waals surface area contributed by atoms with E-state index in [1.807, 2.05) is 187 Å². The number of nitrogens with one attached hydrogen (secondary N) is 2. The topological polar surface area (TPSA) is 98.7 Å². The Bertz CT molecular complexity index is 2010. The van der Waals surface area contributed by atoms with Gasteiger partial charge in [-0.15, -0.1) is 0 Å². The van der Waals surface area contributed by atoms with E-state index in [-0.39, 0.29) is 0 Å². The number of hydrogen-bond donors (Lipinski definition) is 4. The highest BCUT2D eigenvalue weighted by Gasteiger charge is 2.45. The fourth-order valence-corrected chi connectivity index (χ4v) is 7.44. The Morgan fingerprint density at radius 1 is 0.436 bits per heavy atom. The van der Waals surface area contributed by atoms with Crippen LogP contribution in [0.4, 0.5) is 0 Å². The third kappa shape index (κ3) is 8.16. The lowest BCUT2D eigenvalue weighted by atomic mass is 9.75. The first-order valence-corrected chi connectivity index (χ1v) is 18.7. The lowest BCUT2D eigenvalue weighted by Gasteiger charge is -2.39. The fourth-order valence-electron chi connectivity index (χ4n) is 7.44. The van der Waals surface area contributed by atoms with Gasteiger partial charge in [0.05, 0.1) is 12.1 Å². The molecule has 0 saturated carbocycles. The standard InChI is InChI=1S/C49H50N2O4/c1-32-15-23-38(24-16-32)48(54,39-25-17-33(2)18-26-39)46(42-13-9-7-11-36(42)5)50-44(52)31-45(53)51-47(43-14-10-8-12-37(43)6)49(55,40-27-19-34(3)20-28-40)41-29-21-35(4)22-30-41/h7-30,46-47,54-55H,31H2,1-6H3,(H,50,52)(H,51,53)/t46-,47-/m1/s1. The largest absolute Gasteiger partial charge is 0.378 e. The number of benzene rings is 6. The fraction of sp³-hybridized carbons (Fsp3) is 0.224. The molecular weight excluding hydrogens is 681 g/mol. The van der Waals surface area contributed by atoms with Crippen LogP contribution in [-0.4, -0.2) is 22.0 Å². The maximum absolute atomic E-state index is 14.3. The highest BCUT2D eigenvalue weighted by atomic mass is 16.3. The van der Waals surface area contributed by atoms with E-state index in [9.17, 15) is 19.8 Å². The highest BCUT2D eigenvalue weighted by Crippen LogP contribution is 2.44. The van der Waals surface area contributed by atoms with E-state index in [4.69, 9.17) is 0 Å². The molecule has 6 nitrogen and oxygen atoms in total. The quantitative estimate of drug-likeness (QED) is 0.0947. The Morgan fingerprint density at radius 3 is 0.945 bits per heavy atom. The van der Waals surface area contributed by atoms with E-state index in [0.29, 0.717) is 33.4 Å². The molecule has 6 aromatic carbocycles. The molecule has 6 heteroatoms. The van der Waals surface area contributed by atoms with Crippen LogP contribution in [0.5, 0.6) is 0 Å². The van der Waals surface area contributed by atoms with Crippen molar-refractivity contribution in [3.8, 4) is 0 Å². The van der Waals surface area contributed by atoms with Crippen molar-refractivity contribution in [2.45, 2.75) is 71.2 Å². The van der Waals surface area contributed by atoms with E-state index in [1.165, 1.54) is 0 Å². The zero-order valence-electron chi connectivity index (χ0n) is 32.4. The van der Waals surface area contributed by atoms with Crippen molar-refractivity contribution in [2.75, 3.05) is 0 Å². The SMILES string of the molecule is Cc1ccc(C(O)(c2ccc(C)cc2)[C@H](NC(=O)CC(=O)N[C@H](c2ccccc2C)C(O)(c2ccc(C)cc2)c2ccc(C)cc2)c2ccccc2C)cc1. The second-order valence-electron chi connectivity index (χ2n) is 14.9. The maximum Gasteiger partial charge on any atom is 0.230 e. The smallest absolute Gasteiger partial charge is 0.230 e. The Kier molecular flexibility index (Phi) is 11.5. The van der Waals surface area contributed by atoms with Gasteiger partial charge in [-0.25, -0.2) is 0 Å². The van der Waals surface area contributed by atoms with E-state index in [2.05, 4.69) is 10.6 Å². The normalized spacial score (nSPS) is 12.8. The highest BCUT2D eigenvalue weighted by molar-refractivity contribution is 5.97. The van der Waals surface area contributed by atoms with Gasteiger partial charge >= 0.3 is 0 Å². The van der Waals surface area contributed by atoms with Gasteiger partial charge in [0.15, 0.2) is 0 Å². The minimum absolute atomic E-state index is 0.555. The molecule has 0 aromatic heterocycles. The van der Waals surface area contributed by atoms with Crippen LogP contribution in [-0.2, 0) is 20.8 Å². The Morgan fingerprint density at radius 2 is 0.691 bits per heavy atom. The predicted molar refractivity (Wildman–Crippen MR) is 219 cm³/mol. The van der Waals surface area contributed by atoms with Gasteiger partial charge in [-0.1, -0.05) is 168 Å². The minimum atomic E-state index is -1.71. The first-order valence-electron chi connectivity index (χ1n) is 18.7. The van der Waals surface area contributed by atoms with Crippen LogP contribution in [0.15, 0.2) is 146 Å². The summed E-state index contributed by atoms with van der Waals surface area (Å²) in [5.74, 6) is -1.16. The van der Waals surface area contributed by atoms with Gasteiger partial charge in [0.2, 0.25) is 11.8 Å². The average molecular weight is 731 g/mol. The number of aryl methyl sites for hydroxylation is 6. The van der Waals surface area contributed by atoms with E-state index >= 15 is 0 Å². The summed E-state index contributed by atoms with van der Waals surface area (Å²) in [5, 5.41) is 32.3. The van der Waals surface area contributed by atoms with Gasteiger partial charge in [0, 0.05) is 0 Å². The van der Waals surface area contributed by atoms with Crippen molar-refractivity contribution in [2.24, 2.45) is 0 Å². The van der Waals surface area contributed by atoms with Crippen molar-refractivity contribution < 1.29 is 19.8 Å². The van der Waals surface area contributed by atoms with Crippen molar-refractivity contribution in [3.63, 3.8) is 0 Å². The molecule has 0 bridgehead atoms. The molecule has 2 atom stereocenters. The maximum atomic E-state index is 14.3. The lowest BCUT2D eigenvalue weighted by molar-refractivity contribution is -0.132. The number of rotatable bonds is 12. The van der Waals surface area contributed by atoms with E-state index in [0.717, 1.165) is 33.4 Å². The summed E-state index contributed by atoms with van der Waals surface area (Å²) in [6, 6.07) is 43.8. The Balaban J connectivity index is 1.40. The predicted octanol–water partition coefficient (Wildman–Crippen LogP) is 8.81. The first-order chi connectivity index (χ1) is 26.3. The molecule has 55 heavy (non-hydrogen) atoms. The van der Waals surface area contributed by atoms with Crippen LogP contribution in [0.25, 0.3) is 0 Å². The molecule has 0 aliphatic rings. The minimum Gasteiger partial charge on any atom is -0.378 e. The number of amides is 2. The van der Waals surface area contributed by atoms with Crippen LogP contribution >= 0.6 is 0 Å². The molecule has 0 fully saturated rings. The second-order valence-corrected chi connectivity index (χ2v) is 14.9. The molecule has 2 amide bonds. The molecule has 280 valence electrons. The Labute approximate surface area is 324 Å². The summed E-state index contributed by atoms with van der Waals surface area (Å²) in [4.78, 5) is 28.5. The lowest BCUT2D eigenvalue weighted by Crippen LogP contribution is -2.48. The number of hydrogen-bond acceptors (Lipinski definition) is 4. The number of carbonyl (C=O) groups excluding carboxylic acids is 2. The molecule has 0 radical (unpaired) electrons.